The van der Waals surface area contributed by atoms with Gasteiger partial charge in [0.1, 0.15) is 12.2 Å². The van der Waals surface area contributed by atoms with Gasteiger partial charge in [-0.2, -0.15) is 0 Å². The molecule has 0 radical (unpaired) electrons. The molecule has 2 aliphatic carbocycles. The lowest BCUT2D eigenvalue weighted by Gasteiger charge is -2.36. The lowest BCUT2D eigenvalue weighted by atomic mass is 9.76. The molecule has 0 saturated carbocycles. The van der Waals surface area contributed by atoms with Crippen molar-refractivity contribution in [1.29, 1.82) is 0 Å². The zero-order valence-corrected chi connectivity index (χ0v) is 11.9. The van der Waals surface area contributed by atoms with Crippen molar-refractivity contribution in [2.75, 3.05) is 0 Å². The van der Waals surface area contributed by atoms with Gasteiger partial charge in [0, 0.05) is 10.6 Å². The van der Waals surface area contributed by atoms with E-state index in [2.05, 4.69) is 0 Å². The van der Waals surface area contributed by atoms with Gasteiger partial charge in [-0.05, 0) is 35.6 Å². The van der Waals surface area contributed by atoms with Crippen LogP contribution in [0.3, 0.4) is 0 Å². The second kappa shape index (κ2) is 4.64. The van der Waals surface area contributed by atoms with Crippen molar-refractivity contribution < 1.29 is 10.2 Å². The second-order valence-electron chi connectivity index (χ2n) is 5.01. The summed E-state index contributed by atoms with van der Waals surface area (Å²) in [5.74, 6) is 0. The van der Waals surface area contributed by atoms with Gasteiger partial charge in [0.2, 0.25) is 0 Å². The summed E-state index contributed by atoms with van der Waals surface area (Å²) in [4.78, 5) is 0. The predicted octanol–water partition coefficient (Wildman–Crippen LogP) is 3.51. The number of aliphatic hydroxyl groups excluding tert-OH is 2. The van der Waals surface area contributed by atoms with Gasteiger partial charge in [-0.25, -0.2) is 0 Å². The number of aliphatic hydroxyl groups is 2. The molecule has 0 amide bonds. The van der Waals surface area contributed by atoms with Crippen LogP contribution in [0, 0.1) is 6.92 Å². The Kier molecular flexibility index (Phi) is 3.22. The molecular formula is C15H14Cl2O2. The Bertz CT molecular complexity index is 604. The van der Waals surface area contributed by atoms with Crippen LogP contribution in [-0.4, -0.2) is 15.6 Å². The molecule has 19 heavy (non-hydrogen) atoms. The number of hydrogen-bond donors (Lipinski definition) is 2. The van der Waals surface area contributed by atoms with E-state index in [1.165, 1.54) is 0 Å². The van der Waals surface area contributed by atoms with E-state index in [1.54, 1.807) is 6.08 Å². The molecule has 0 aliphatic heterocycles. The maximum Gasteiger partial charge on any atom is 0.106 e. The van der Waals surface area contributed by atoms with E-state index in [0.29, 0.717) is 22.6 Å². The lowest BCUT2D eigenvalue weighted by molar-refractivity contribution is 0.167. The molecular weight excluding hydrogens is 283 g/mol. The molecule has 2 nitrogen and oxygen atoms in total. The first-order valence-electron chi connectivity index (χ1n) is 6.22. The third kappa shape index (κ3) is 1.86. The maximum absolute atomic E-state index is 10.6. The average Bonchev–Trinajstić information content (AvgIpc) is 2.38. The van der Waals surface area contributed by atoms with Crippen LogP contribution in [0.4, 0.5) is 0 Å². The summed E-state index contributed by atoms with van der Waals surface area (Å²) in [5.41, 5.74) is 3.62. The topological polar surface area (TPSA) is 40.5 Å². The van der Waals surface area contributed by atoms with Crippen LogP contribution in [0.2, 0.25) is 0 Å². The first-order chi connectivity index (χ1) is 9.02. The molecule has 0 aromatic heterocycles. The summed E-state index contributed by atoms with van der Waals surface area (Å²) in [6.45, 7) is 1.92. The molecule has 1 aromatic rings. The third-order valence-electron chi connectivity index (χ3n) is 3.90. The van der Waals surface area contributed by atoms with Gasteiger partial charge in [-0.3, -0.25) is 0 Å². The number of fused-ring (bicyclic) bond motifs is 1. The Morgan fingerprint density at radius 2 is 1.95 bits per heavy atom. The number of aryl methyl sites for hydroxylation is 1. The number of halogens is 2. The van der Waals surface area contributed by atoms with E-state index in [1.807, 2.05) is 25.1 Å². The van der Waals surface area contributed by atoms with Crippen molar-refractivity contribution in [3.63, 3.8) is 0 Å². The van der Waals surface area contributed by atoms with Gasteiger partial charge in [-0.1, -0.05) is 35.9 Å². The van der Waals surface area contributed by atoms with E-state index < -0.39 is 12.2 Å². The quantitative estimate of drug-likeness (QED) is 0.719. The molecule has 0 bridgehead atoms. The van der Waals surface area contributed by atoms with E-state index in [4.69, 9.17) is 23.2 Å². The Morgan fingerprint density at radius 1 is 1.21 bits per heavy atom. The van der Waals surface area contributed by atoms with Gasteiger partial charge in [0.05, 0.1) is 5.38 Å². The zero-order chi connectivity index (χ0) is 13.7. The average molecular weight is 297 g/mol. The summed E-state index contributed by atoms with van der Waals surface area (Å²) < 4.78 is 0. The highest BCUT2D eigenvalue weighted by molar-refractivity contribution is 6.33. The van der Waals surface area contributed by atoms with Crippen molar-refractivity contribution in [1.82, 2.24) is 0 Å². The zero-order valence-electron chi connectivity index (χ0n) is 10.4. The molecule has 2 N–H and O–H groups in total. The molecule has 0 spiro atoms. The molecule has 0 fully saturated rings. The Labute approximate surface area is 122 Å². The molecule has 100 valence electrons. The van der Waals surface area contributed by atoms with Gasteiger partial charge in [0.15, 0.2) is 0 Å². The number of hydrogen-bond acceptors (Lipinski definition) is 2. The smallest absolute Gasteiger partial charge is 0.106 e. The van der Waals surface area contributed by atoms with Crippen LogP contribution in [0.1, 0.15) is 35.3 Å². The van der Waals surface area contributed by atoms with Crippen molar-refractivity contribution in [2.24, 2.45) is 0 Å². The SMILES string of the molecule is Cc1cccc2c1C(O)C1=C(C(Cl)CC=C1Cl)C2O. The second-order valence-corrected chi connectivity index (χ2v) is 5.94. The van der Waals surface area contributed by atoms with Gasteiger partial charge in [-0.15, -0.1) is 11.6 Å². The lowest BCUT2D eigenvalue weighted by Crippen LogP contribution is -2.26. The number of rotatable bonds is 0. The summed E-state index contributed by atoms with van der Waals surface area (Å²) in [7, 11) is 0. The minimum Gasteiger partial charge on any atom is -0.384 e. The van der Waals surface area contributed by atoms with Crippen LogP contribution in [0.5, 0.6) is 0 Å². The first-order valence-corrected chi connectivity index (χ1v) is 7.03. The van der Waals surface area contributed by atoms with Crippen LogP contribution in [0.15, 0.2) is 40.5 Å². The molecule has 1 aromatic carbocycles. The van der Waals surface area contributed by atoms with Crippen molar-refractivity contribution in [2.45, 2.75) is 30.9 Å². The number of alkyl halides is 1. The molecule has 0 heterocycles. The van der Waals surface area contributed by atoms with Gasteiger partial charge < -0.3 is 10.2 Å². The van der Waals surface area contributed by atoms with Crippen molar-refractivity contribution in [3.8, 4) is 0 Å². The minimum atomic E-state index is -0.820. The van der Waals surface area contributed by atoms with E-state index in [-0.39, 0.29) is 5.38 Å². The van der Waals surface area contributed by atoms with Crippen LogP contribution in [0.25, 0.3) is 0 Å². The van der Waals surface area contributed by atoms with Crippen molar-refractivity contribution in [3.05, 3.63) is 57.1 Å². The maximum atomic E-state index is 10.6. The molecule has 2 aliphatic rings. The van der Waals surface area contributed by atoms with Gasteiger partial charge in [0.25, 0.3) is 0 Å². The summed E-state index contributed by atoms with van der Waals surface area (Å²) in [6.07, 6.45) is 0.764. The monoisotopic (exact) mass is 296 g/mol. The highest BCUT2D eigenvalue weighted by Gasteiger charge is 2.38. The van der Waals surface area contributed by atoms with Gasteiger partial charge >= 0.3 is 0 Å². The molecule has 3 unspecified atom stereocenters. The molecule has 0 saturated heterocycles. The summed E-state index contributed by atoms with van der Waals surface area (Å²) in [6, 6.07) is 5.62. The van der Waals surface area contributed by atoms with Crippen LogP contribution < -0.4 is 0 Å². The predicted molar refractivity (Wildman–Crippen MR) is 76.3 cm³/mol. The largest absolute Gasteiger partial charge is 0.384 e. The standard InChI is InChI=1S/C15H14Cl2O2/c1-7-3-2-4-8-11(7)15(19)13-10(17)6-5-9(16)12(13)14(8)18/h2-4,6,9,14-15,18-19H,5H2,1H3. The van der Waals surface area contributed by atoms with E-state index >= 15 is 0 Å². The molecule has 4 heteroatoms. The summed E-state index contributed by atoms with van der Waals surface area (Å²) >= 11 is 12.5. The Balaban J connectivity index is 2.26. The van der Waals surface area contributed by atoms with Crippen molar-refractivity contribution >= 4 is 23.2 Å². The van der Waals surface area contributed by atoms with E-state index in [0.717, 1.165) is 16.7 Å². The van der Waals surface area contributed by atoms with E-state index in [9.17, 15) is 10.2 Å². The normalized spacial score (nSPS) is 29.7. The molecule has 3 rings (SSSR count). The Hall–Kier alpha value is -0.800. The first kappa shape index (κ1) is 13.2. The van der Waals surface area contributed by atoms with Crippen LogP contribution >= 0.6 is 23.2 Å². The fourth-order valence-electron chi connectivity index (χ4n) is 2.98. The fourth-order valence-corrected chi connectivity index (χ4v) is 3.61. The highest BCUT2D eigenvalue weighted by atomic mass is 35.5. The minimum absolute atomic E-state index is 0.323. The summed E-state index contributed by atoms with van der Waals surface area (Å²) in [5, 5.41) is 21.3. The fraction of sp³-hybridized carbons (Fsp3) is 0.333. The molecule has 3 atom stereocenters. The third-order valence-corrected chi connectivity index (χ3v) is 4.67. The van der Waals surface area contributed by atoms with Crippen LogP contribution in [-0.2, 0) is 0 Å². The Morgan fingerprint density at radius 3 is 2.68 bits per heavy atom. The number of allylic oxidation sites excluding steroid dienone is 1. The number of benzene rings is 1. The highest BCUT2D eigenvalue weighted by Crippen LogP contribution is 2.49.